The second-order valence-corrected chi connectivity index (χ2v) is 16.9. The summed E-state index contributed by atoms with van der Waals surface area (Å²) < 4.78 is 5.84. The summed E-state index contributed by atoms with van der Waals surface area (Å²) in [6.45, 7) is 7.12. The SMILES string of the molecule is COc1cccc(N(c2ccccc2)c2cc(C3CCCCC3)c3ccc4c(N(c5ccccc5)c5cccc(C)c5)cc5c6c(cc2c3c46)C(C)(C)CC5)c1. The van der Waals surface area contributed by atoms with Crippen molar-refractivity contribution in [1.82, 2.24) is 0 Å². The fourth-order valence-corrected chi connectivity index (χ4v) is 10.1. The van der Waals surface area contributed by atoms with Gasteiger partial charge in [-0.2, -0.15) is 0 Å². The Kier molecular flexibility index (Phi) is 8.51. The Bertz CT molecular complexity index is 2710. The van der Waals surface area contributed by atoms with E-state index < -0.39 is 0 Å². The van der Waals surface area contributed by atoms with Crippen molar-refractivity contribution in [1.29, 1.82) is 0 Å². The minimum absolute atomic E-state index is 0.0177. The van der Waals surface area contributed by atoms with Crippen LogP contribution in [0.4, 0.5) is 34.1 Å². The Balaban J connectivity index is 1.37. The zero-order chi connectivity index (χ0) is 38.0. The molecular formula is C53H50N2O. The standard InChI is InChI=1S/C53H50N2O/c1-35-16-14-23-40(30-35)54(38-19-10-6-11-20-38)48-31-37-28-29-53(2,3)47-33-46-49(55(39-21-12-7-13-22-39)41-24-15-25-42(32-41)56-4)34-45(36-17-8-5-9-18-36)43-26-27-44(48)52(50(37)47)51(43)46/h6-7,10-16,19-27,30-34,36H,5,8-9,17-18,28-29H2,1-4H3. The zero-order valence-corrected chi connectivity index (χ0v) is 33.1. The average molecular weight is 731 g/mol. The maximum absolute atomic E-state index is 5.84. The van der Waals surface area contributed by atoms with E-state index in [4.69, 9.17) is 4.74 Å². The van der Waals surface area contributed by atoms with E-state index in [-0.39, 0.29) is 5.41 Å². The number of para-hydroxylation sites is 2. The van der Waals surface area contributed by atoms with Gasteiger partial charge in [-0.3, -0.25) is 0 Å². The summed E-state index contributed by atoms with van der Waals surface area (Å²) in [5.74, 6) is 1.38. The first kappa shape index (κ1) is 34.7. The van der Waals surface area contributed by atoms with Crippen molar-refractivity contribution in [2.24, 2.45) is 0 Å². The van der Waals surface area contributed by atoms with Crippen molar-refractivity contribution in [2.45, 2.75) is 77.0 Å². The van der Waals surface area contributed by atoms with Crippen LogP contribution in [0.2, 0.25) is 0 Å². The lowest BCUT2D eigenvalue weighted by Gasteiger charge is -2.37. The van der Waals surface area contributed by atoms with Crippen LogP contribution in [0.15, 0.2) is 140 Å². The summed E-state index contributed by atoms with van der Waals surface area (Å²) >= 11 is 0. The lowest BCUT2D eigenvalue weighted by atomic mass is 9.69. The fraction of sp³-hybridized carbons (Fsp3) is 0.245. The minimum atomic E-state index is 0.0177. The third-order valence-corrected chi connectivity index (χ3v) is 12.9. The number of aryl methyl sites for hydroxylation is 2. The van der Waals surface area contributed by atoms with Crippen LogP contribution in [0, 0.1) is 6.92 Å². The zero-order valence-electron chi connectivity index (χ0n) is 33.1. The van der Waals surface area contributed by atoms with Crippen LogP contribution in [0.25, 0.3) is 32.3 Å². The van der Waals surface area contributed by atoms with Gasteiger partial charge in [0.2, 0.25) is 0 Å². The monoisotopic (exact) mass is 730 g/mol. The molecular weight excluding hydrogens is 681 g/mol. The van der Waals surface area contributed by atoms with Crippen LogP contribution < -0.4 is 14.5 Å². The molecule has 10 rings (SSSR count). The molecule has 278 valence electrons. The molecule has 1 saturated carbocycles. The molecule has 8 aromatic rings. The Labute approximate surface area is 331 Å². The molecule has 1 fully saturated rings. The van der Waals surface area contributed by atoms with Gasteiger partial charge in [0.25, 0.3) is 0 Å². The molecule has 3 heteroatoms. The number of anilines is 6. The maximum Gasteiger partial charge on any atom is 0.120 e. The number of methoxy groups -OCH3 is 1. The highest BCUT2D eigenvalue weighted by atomic mass is 16.5. The highest BCUT2D eigenvalue weighted by molar-refractivity contribution is 6.30. The third kappa shape index (κ3) is 5.70. The van der Waals surface area contributed by atoms with Gasteiger partial charge in [-0.05, 0) is 149 Å². The largest absolute Gasteiger partial charge is 0.497 e. The fourth-order valence-electron chi connectivity index (χ4n) is 10.1. The van der Waals surface area contributed by atoms with Crippen molar-refractivity contribution in [3.05, 3.63) is 162 Å². The Morgan fingerprint density at radius 2 is 1.18 bits per heavy atom. The van der Waals surface area contributed by atoms with Gasteiger partial charge in [0.05, 0.1) is 18.5 Å². The third-order valence-electron chi connectivity index (χ3n) is 12.9. The summed E-state index contributed by atoms with van der Waals surface area (Å²) in [4.78, 5) is 5.00. The van der Waals surface area contributed by atoms with Crippen molar-refractivity contribution in [3.8, 4) is 5.75 Å². The number of benzene rings is 8. The molecule has 0 radical (unpaired) electrons. The first-order valence-corrected chi connectivity index (χ1v) is 20.6. The number of nitrogens with zero attached hydrogens (tertiary/aromatic N) is 2. The van der Waals surface area contributed by atoms with Crippen molar-refractivity contribution >= 4 is 66.4 Å². The van der Waals surface area contributed by atoms with Gasteiger partial charge < -0.3 is 14.5 Å². The molecule has 0 aromatic heterocycles. The topological polar surface area (TPSA) is 15.7 Å². The molecule has 0 bridgehead atoms. The van der Waals surface area contributed by atoms with Gasteiger partial charge in [0.15, 0.2) is 0 Å². The molecule has 2 aliphatic rings. The number of hydrogen-bond acceptors (Lipinski definition) is 3. The van der Waals surface area contributed by atoms with Crippen LogP contribution in [0.1, 0.15) is 80.5 Å². The van der Waals surface area contributed by atoms with Crippen molar-refractivity contribution < 1.29 is 4.74 Å². The highest BCUT2D eigenvalue weighted by Gasteiger charge is 2.34. The van der Waals surface area contributed by atoms with Crippen LogP contribution >= 0.6 is 0 Å². The highest BCUT2D eigenvalue weighted by Crippen LogP contribution is 2.55. The molecule has 0 N–H and O–H groups in total. The summed E-state index contributed by atoms with van der Waals surface area (Å²) in [5, 5.41) is 8.34. The van der Waals surface area contributed by atoms with Crippen LogP contribution in [-0.4, -0.2) is 7.11 Å². The second-order valence-electron chi connectivity index (χ2n) is 16.9. The summed E-state index contributed by atoms with van der Waals surface area (Å²) in [6.07, 6.45) is 8.53. The van der Waals surface area contributed by atoms with Gasteiger partial charge in [-0.15, -0.1) is 0 Å². The Morgan fingerprint density at radius 1 is 0.554 bits per heavy atom. The van der Waals surface area contributed by atoms with Crippen LogP contribution in [0.3, 0.4) is 0 Å². The predicted molar refractivity (Wildman–Crippen MR) is 238 cm³/mol. The van der Waals surface area contributed by atoms with E-state index in [0.29, 0.717) is 5.92 Å². The van der Waals surface area contributed by atoms with Gasteiger partial charge in [0.1, 0.15) is 5.75 Å². The number of hydrogen-bond donors (Lipinski definition) is 0. The summed E-state index contributed by atoms with van der Waals surface area (Å²) in [7, 11) is 1.76. The molecule has 0 saturated heterocycles. The molecule has 0 spiro atoms. The molecule has 0 atom stereocenters. The smallest absolute Gasteiger partial charge is 0.120 e. The molecule has 0 amide bonds. The predicted octanol–water partition coefficient (Wildman–Crippen LogP) is 15.1. The van der Waals surface area contributed by atoms with E-state index in [2.05, 4.69) is 164 Å². The first-order valence-electron chi connectivity index (χ1n) is 20.6. The summed E-state index contributed by atoms with van der Waals surface area (Å²) in [5.41, 5.74) is 12.8. The van der Waals surface area contributed by atoms with Gasteiger partial charge in [-0.25, -0.2) is 0 Å². The lowest BCUT2D eigenvalue weighted by molar-refractivity contribution is 0.415. The number of rotatable bonds is 8. The van der Waals surface area contributed by atoms with E-state index >= 15 is 0 Å². The average Bonchev–Trinajstić information content (AvgIpc) is 3.23. The van der Waals surface area contributed by atoms with Crippen molar-refractivity contribution in [3.63, 3.8) is 0 Å². The van der Waals surface area contributed by atoms with Crippen LogP contribution in [-0.2, 0) is 11.8 Å². The van der Waals surface area contributed by atoms with Crippen molar-refractivity contribution in [2.75, 3.05) is 16.9 Å². The molecule has 3 nitrogen and oxygen atoms in total. The Morgan fingerprint density at radius 3 is 1.86 bits per heavy atom. The van der Waals surface area contributed by atoms with Gasteiger partial charge in [-0.1, -0.05) is 99.8 Å². The summed E-state index contributed by atoms with van der Waals surface area (Å²) in [6, 6.07) is 52.1. The van der Waals surface area contributed by atoms with E-state index in [1.165, 1.54) is 109 Å². The Hall–Kier alpha value is -5.80. The molecule has 8 aromatic carbocycles. The maximum atomic E-state index is 5.84. The molecule has 56 heavy (non-hydrogen) atoms. The van der Waals surface area contributed by atoms with E-state index in [1.54, 1.807) is 7.11 Å². The molecule has 0 aliphatic heterocycles. The molecule has 0 unspecified atom stereocenters. The normalized spacial score (nSPS) is 15.4. The van der Waals surface area contributed by atoms with Crippen LogP contribution in [0.5, 0.6) is 5.75 Å². The van der Waals surface area contributed by atoms with Gasteiger partial charge in [0, 0.05) is 45.0 Å². The quantitative estimate of drug-likeness (QED) is 0.145. The minimum Gasteiger partial charge on any atom is -0.497 e. The molecule has 0 heterocycles. The van der Waals surface area contributed by atoms with Gasteiger partial charge >= 0.3 is 0 Å². The second kappa shape index (κ2) is 13.7. The first-order chi connectivity index (χ1) is 27.4. The van der Waals surface area contributed by atoms with E-state index in [9.17, 15) is 0 Å². The lowest BCUT2D eigenvalue weighted by Crippen LogP contribution is -2.24. The van der Waals surface area contributed by atoms with E-state index in [1.807, 2.05) is 6.07 Å². The number of ether oxygens (including phenoxy) is 1. The molecule has 2 aliphatic carbocycles. The van der Waals surface area contributed by atoms with E-state index in [0.717, 1.165) is 30.0 Å².